The van der Waals surface area contributed by atoms with E-state index in [0.29, 0.717) is 48.8 Å². The maximum atomic E-state index is 12.0. The van der Waals surface area contributed by atoms with Crippen molar-refractivity contribution in [3.8, 4) is 5.75 Å². The van der Waals surface area contributed by atoms with E-state index in [2.05, 4.69) is 47.2 Å². The van der Waals surface area contributed by atoms with E-state index in [0.717, 1.165) is 45.8 Å². The third kappa shape index (κ3) is 6.06. The van der Waals surface area contributed by atoms with Crippen molar-refractivity contribution in [3.05, 3.63) is 76.4 Å². The summed E-state index contributed by atoms with van der Waals surface area (Å²) in [4.78, 5) is 34.8. The minimum atomic E-state index is -0.0227. The number of likely N-dealkylation sites (tertiary alicyclic amines) is 1. The van der Waals surface area contributed by atoms with Crippen LogP contribution in [0, 0.1) is 0 Å². The fraction of sp³-hybridized carbons (Fsp3) is 0.286. The van der Waals surface area contributed by atoms with Gasteiger partial charge in [0.2, 0.25) is 11.9 Å². The highest BCUT2D eigenvalue weighted by Crippen LogP contribution is 2.37. The largest absolute Gasteiger partial charge is 0.485 e. The number of benzene rings is 1. The fourth-order valence-electron chi connectivity index (χ4n) is 5.00. The molecule has 14 heteroatoms. The summed E-state index contributed by atoms with van der Waals surface area (Å²) >= 11 is 8.12. The Labute approximate surface area is 250 Å². The molecule has 216 valence electrons. The number of H-pyrrole nitrogens is 1. The maximum absolute atomic E-state index is 12.0. The number of carbonyl (C=O) groups is 1. The summed E-state index contributed by atoms with van der Waals surface area (Å²) in [7, 11) is 1.82. The molecule has 6 rings (SSSR count). The van der Waals surface area contributed by atoms with Crippen LogP contribution in [0.25, 0.3) is 11.0 Å². The van der Waals surface area contributed by atoms with E-state index in [1.54, 1.807) is 11.0 Å². The highest BCUT2D eigenvalue weighted by Gasteiger charge is 2.26. The zero-order valence-corrected chi connectivity index (χ0v) is 24.5. The van der Waals surface area contributed by atoms with Crippen molar-refractivity contribution >= 4 is 57.3 Å². The van der Waals surface area contributed by atoms with E-state index < -0.39 is 0 Å². The molecule has 5 aromatic rings. The first kappa shape index (κ1) is 27.7. The van der Waals surface area contributed by atoms with Crippen molar-refractivity contribution in [1.29, 1.82) is 0 Å². The molecule has 0 spiro atoms. The van der Waals surface area contributed by atoms with Crippen LogP contribution in [0.3, 0.4) is 0 Å². The normalized spacial score (nSPS) is 13.8. The molecular formula is C28H29ClN10O2S. The number of thiazole rings is 1. The van der Waals surface area contributed by atoms with Gasteiger partial charge >= 0.3 is 0 Å². The van der Waals surface area contributed by atoms with E-state index in [4.69, 9.17) is 16.3 Å². The number of aryl methyl sites for hydroxylation is 1. The van der Waals surface area contributed by atoms with Gasteiger partial charge in [0.05, 0.1) is 22.6 Å². The number of amides is 1. The van der Waals surface area contributed by atoms with Crippen LogP contribution in [-0.2, 0) is 25.0 Å². The van der Waals surface area contributed by atoms with Crippen molar-refractivity contribution < 1.29 is 9.53 Å². The van der Waals surface area contributed by atoms with Crippen LogP contribution < -0.4 is 15.4 Å². The van der Waals surface area contributed by atoms with Gasteiger partial charge in [-0.25, -0.2) is 19.9 Å². The van der Waals surface area contributed by atoms with Crippen LogP contribution in [0.4, 0.5) is 17.5 Å². The predicted molar refractivity (Wildman–Crippen MR) is 162 cm³/mol. The molecule has 0 saturated carbocycles. The zero-order chi connectivity index (χ0) is 29.1. The van der Waals surface area contributed by atoms with Gasteiger partial charge in [-0.15, -0.1) is 16.4 Å². The Morgan fingerprint density at radius 2 is 2.14 bits per heavy atom. The van der Waals surface area contributed by atoms with Gasteiger partial charge in [-0.05, 0) is 48.6 Å². The van der Waals surface area contributed by atoms with Crippen molar-refractivity contribution in [3.63, 3.8) is 0 Å². The minimum Gasteiger partial charge on any atom is -0.485 e. The summed E-state index contributed by atoms with van der Waals surface area (Å²) in [6.07, 6.45) is 8.26. The number of aromatic amines is 1. The van der Waals surface area contributed by atoms with E-state index in [1.807, 2.05) is 41.7 Å². The predicted octanol–water partition coefficient (Wildman–Crippen LogP) is 5.02. The molecule has 5 heterocycles. The second-order valence-corrected chi connectivity index (χ2v) is 11.2. The van der Waals surface area contributed by atoms with Crippen LogP contribution in [0.15, 0.2) is 55.1 Å². The van der Waals surface area contributed by atoms with Crippen LogP contribution >= 0.6 is 22.9 Å². The lowest BCUT2D eigenvalue weighted by Gasteiger charge is -2.31. The molecule has 0 aliphatic carbocycles. The van der Waals surface area contributed by atoms with Crippen LogP contribution in [-0.4, -0.2) is 58.6 Å². The first-order chi connectivity index (χ1) is 20.5. The summed E-state index contributed by atoms with van der Waals surface area (Å²) in [5.74, 6) is 2.07. The number of fused-ring (bicyclic) bond motifs is 1. The standard InChI is InChI=1S/C28H29ClN10O2S/c1-3-24(40)39-8-6-17(7-9-39)20-12-30-26-25(20)27(33-15-32-26)36-18-4-5-22(21(29)10-18)41-13-23-35-19(14-42-23)11-31-28-34-16-38(2)37-28/h3-5,10,12,14-17H,1,6-9,11,13H2,2H3,(H,31,37)(H2,30,32,33,36). The van der Waals surface area contributed by atoms with Gasteiger partial charge in [-0.1, -0.05) is 18.2 Å². The second kappa shape index (κ2) is 12.2. The van der Waals surface area contributed by atoms with Crippen LogP contribution in [0.2, 0.25) is 5.02 Å². The van der Waals surface area contributed by atoms with E-state index >= 15 is 0 Å². The van der Waals surface area contributed by atoms with E-state index in [9.17, 15) is 4.79 Å². The van der Waals surface area contributed by atoms with Gasteiger partial charge in [0, 0.05) is 37.4 Å². The van der Waals surface area contributed by atoms with E-state index in [-0.39, 0.29) is 11.8 Å². The van der Waals surface area contributed by atoms with Crippen LogP contribution in [0.1, 0.15) is 35.0 Å². The Kier molecular flexibility index (Phi) is 8.02. The van der Waals surface area contributed by atoms with Gasteiger partial charge < -0.3 is 25.3 Å². The number of hydrogen-bond donors (Lipinski definition) is 3. The summed E-state index contributed by atoms with van der Waals surface area (Å²) in [5, 5.41) is 15.0. The van der Waals surface area contributed by atoms with Gasteiger partial charge in [0.1, 0.15) is 41.5 Å². The highest BCUT2D eigenvalue weighted by molar-refractivity contribution is 7.09. The summed E-state index contributed by atoms with van der Waals surface area (Å²) < 4.78 is 7.61. The van der Waals surface area contributed by atoms with E-state index in [1.165, 1.54) is 23.7 Å². The molecule has 0 unspecified atom stereocenters. The molecule has 1 aliphatic heterocycles. The molecule has 0 bridgehead atoms. The number of carbonyl (C=O) groups excluding carboxylic acids is 1. The SMILES string of the molecule is C=CC(=O)N1CCC(c2c[nH]c3ncnc(Nc4ccc(OCc5nc(CNc6ncn(C)n6)cs5)c(Cl)c4)c23)CC1. The lowest BCUT2D eigenvalue weighted by atomic mass is 9.89. The Bertz CT molecular complexity index is 1720. The average Bonchev–Trinajstić information content (AvgIpc) is 3.75. The van der Waals surface area contributed by atoms with Gasteiger partial charge in [0.15, 0.2) is 0 Å². The number of ether oxygens (including phenoxy) is 1. The van der Waals surface area contributed by atoms with Gasteiger partial charge in [-0.3, -0.25) is 9.48 Å². The monoisotopic (exact) mass is 604 g/mol. The molecule has 0 atom stereocenters. The maximum Gasteiger partial charge on any atom is 0.245 e. The van der Waals surface area contributed by atoms with Gasteiger partial charge in [-0.2, -0.15) is 0 Å². The number of aromatic nitrogens is 7. The number of piperidine rings is 1. The quantitative estimate of drug-likeness (QED) is 0.187. The summed E-state index contributed by atoms with van der Waals surface area (Å²) in [6.45, 7) is 5.81. The molecule has 12 nitrogen and oxygen atoms in total. The highest BCUT2D eigenvalue weighted by atomic mass is 35.5. The molecule has 3 N–H and O–H groups in total. The molecule has 4 aromatic heterocycles. The molecular weight excluding hydrogens is 576 g/mol. The summed E-state index contributed by atoms with van der Waals surface area (Å²) in [5.41, 5.74) is 3.55. The van der Waals surface area contributed by atoms with Crippen LogP contribution in [0.5, 0.6) is 5.75 Å². The molecule has 1 fully saturated rings. The topological polar surface area (TPSA) is 139 Å². The van der Waals surface area contributed by atoms with Crippen molar-refractivity contribution in [2.24, 2.45) is 7.05 Å². The van der Waals surface area contributed by atoms with Crippen molar-refractivity contribution in [1.82, 2.24) is 39.6 Å². The molecule has 1 aliphatic rings. The zero-order valence-electron chi connectivity index (χ0n) is 22.9. The smallest absolute Gasteiger partial charge is 0.245 e. The number of nitrogens with zero attached hydrogens (tertiary/aromatic N) is 7. The third-order valence-corrected chi connectivity index (χ3v) is 8.26. The number of anilines is 3. The minimum absolute atomic E-state index is 0.0227. The Morgan fingerprint density at radius 1 is 1.29 bits per heavy atom. The average molecular weight is 605 g/mol. The first-order valence-electron chi connectivity index (χ1n) is 13.4. The first-order valence-corrected chi connectivity index (χ1v) is 14.7. The number of halogens is 1. The Balaban J connectivity index is 1.10. The molecule has 42 heavy (non-hydrogen) atoms. The third-order valence-electron chi connectivity index (χ3n) is 7.09. The summed E-state index contributed by atoms with van der Waals surface area (Å²) in [6, 6.07) is 5.54. The van der Waals surface area contributed by atoms with Gasteiger partial charge in [0.25, 0.3) is 0 Å². The van der Waals surface area contributed by atoms with Crippen molar-refractivity contribution in [2.45, 2.75) is 31.9 Å². The number of nitrogens with one attached hydrogen (secondary N) is 3. The second-order valence-electron chi connectivity index (χ2n) is 9.88. The Hall–Kier alpha value is -4.49. The Morgan fingerprint density at radius 3 is 2.90 bits per heavy atom. The van der Waals surface area contributed by atoms with Crippen molar-refractivity contribution in [2.75, 3.05) is 23.7 Å². The molecule has 1 aromatic carbocycles. The number of rotatable bonds is 10. The molecule has 0 radical (unpaired) electrons. The number of hydrogen-bond acceptors (Lipinski definition) is 10. The molecule has 1 saturated heterocycles. The lowest BCUT2D eigenvalue weighted by molar-refractivity contribution is -0.127. The lowest BCUT2D eigenvalue weighted by Crippen LogP contribution is -2.36. The molecule has 1 amide bonds. The fourth-order valence-corrected chi connectivity index (χ4v) is 5.94.